The summed E-state index contributed by atoms with van der Waals surface area (Å²) in [5, 5.41) is 11.2. The minimum Gasteiger partial charge on any atom is -0.398 e. The largest absolute Gasteiger partial charge is 0.398 e. The molecule has 6 N–H and O–H groups in total. The lowest BCUT2D eigenvalue weighted by atomic mass is 9.96. The van der Waals surface area contributed by atoms with Gasteiger partial charge in [-0.2, -0.15) is 0 Å². The molecule has 38 heavy (non-hydrogen) atoms. The fourth-order valence-electron chi connectivity index (χ4n) is 5.14. The Hall–Kier alpha value is -4.56. The summed E-state index contributed by atoms with van der Waals surface area (Å²) < 4.78 is 0. The number of fused-ring (bicyclic) bond motifs is 6. The third-order valence-electron chi connectivity index (χ3n) is 7.04. The third kappa shape index (κ3) is 4.39. The van der Waals surface area contributed by atoms with Crippen LogP contribution in [-0.2, 0) is 25.9 Å². The van der Waals surface area contributed by atoms with Crippen molar-refractivity contribution in [2.24, 2.45) is 0 Å². The van der Waals surface area contributed by atoms with Crippen molar-refractivity contribution in [3.63, 3.8) is 0 Å². The first-order valence-electron chi connectivity index (χ1n) is 11.9. The number of anilines is 1. The standard InChI is InChI=1S/C12H12N4O4.C12H14N4O2/c1-15-3-2-6-7(5-15)10-8(4-9(6)16(19)20)13-11(17)12(18)14-10;1-16-3-2-6-7(5-16)10-9(4-8(6)13)14-11(17)12(18)15-10/h4H,2-3,5H2,1H3,(H,13,17)(H,14,18);4H,2-3,5,13H2,1H3,(H,14,17)(H,15,18). The number of benzene rings is 2. The molecule has 2 aliphatic rings. The van der Waals surface area contributed by atoms with Gasteiger partial charge in [0.2, 0.25) is 0 Å². The Bertz CT molecular complexity index is 1850. The second kappa shape index (κ2) is 9.39. The van der Waals surface area contributed by atoms with Crippen LogP contribution in [0.5, 0.6) is 0 Å². The molecule has 6 rings (SSSR count). The first-order chi connectivity index (χ1) is 18.0. The van der Waals surface area contributed by atoms with E-state index in [0.29, 0.717) is 52.9 Å². The second-order valence-corrected chi connectivity index (χ2v) is 9.67. The molecule has 14 nitrogen and oxygen atoms in total. The number of nitrogen functional groups attached to an aromatic ring is 1. The zero-order valence-electron chi connectivity index (χ0n) is 20.8. The molecule has 0 radical (unpaired) electrons. The highest BCUT2D eigenvalue weighted by Crippen LogP contribution is 2.32. The summed E-state index contributed by atoms with van der Waals surface area (Å²) in [5.41, 5.74) is 9.30. The smallest absolute Gasteiger partial charge is 0.314 e. The molecule has 0 saturated heterocycles. The number of nitro groups is 1. The Labute approximate surface area is 213 Å². The number of aromatic amines is 4. The zero-order chi connectivity index (χ0) is 27.3. The van der Waals surface area contributed by atoms with Gasteiger partial charge < -0.3 is 35.5 Å². The molecule has 14 heteroatoms. The van der Waals surface area contributed by atoms with Crippen LogP contribution in [0.3, 0.4) is 0 Å². The Morgan fingerprint density at radius 3 is 1.71 bits per heavy atom. The van der Waals surface area contributed by atoms with Crippen LogP contribution in [-0.4, -0.2) is 61.8 Å². The highest BCUT2D eigenvalue weighted by molar-refractivity contribution is 5.84. The van der Waals surface area contributed by atoms with Crippen molar-refractivity contribution in [3.05, 3.63) is 85.9 Å². The predicted octanol–water partition coefficient (Wildman–Crippen LogP) is -0.101. The van der Waals surface area contributed by atoms with E-state index >= 15 is 0 Å². The number of hydrogen-bond acceptors (Lipinski definition) is 9. The van der Waals surface area contributed by atoms with Crippen LogP contribution < -0.4 is 28.0 Å². The van der Waals surface area contributed by atoms with Crippen LogP contribution in [0.4, 0.5) is 11.4 Å². The van der Waals surface area contributed by atoms with Gasteiger partial charge in [-0.05, 0) is 44.1 Å². The first kappa shape index (κ1) is 25.1. The van der Waals surface area contributed by atoms with Crippen LogP contribution in [0.2, 0.25) is 0 Å². The number of nitrogens with zero attached hydrogens (tertiary/aromatic N) is 3. The molecule has 4 aromatic rings. The van der Waals surface area contributed by atoms with Gasteiger partial charge in [0.15, 0.2) is 0 Å². The van der Waals surface area contributed by atoms with Crippen LogP contribution in [0, 0.1) is 10.1 Å². The quantitative estimate of drug-likeness (QED) is 0.0977. The van der Waals surface area contributed by atoms with E-state index in [2.05, 4.69) is 24.8 Å². The molecule has 0 spiro atoms. The number of aromatic nitrogens is 4. The van der Waals surface area contributed by atoms with E-state index in [1.807, 2.05) is 19.0 Å². The summed E-state index contributed by atoms with van der Waals surface area (Å²) in [6.07, 6.45) is 1.40. The Balaban J connectivity index is 0.000000156. The Morgan fingerprint density at radius 2 is 1.18 bits per heavy atom. The number of nitrogens with one attached hydrogen (secondary N) is 4. The van der Waals surface area contributed by atoms with Gasteiger partial charge in [-0.3, -0.25) is 29.3 Å². The number of rotatable bonds is 1. The van der Waals surface area contributed by atoms with Gasteiger partial charge >= 0.3 is 22.2 Å². The van der Waals surface area contributed by atoms with Gasteiger partial charge in [0.1, 0.15) is 0 Å². The van der Waals surface area contributed by atoms with E-state index in [1.54, 1.807) is 6.07 Å². The topological polar surface area (TPSA) is 207 Å². The maximum atomic E-state index is 11.5. The Morgan fingerprint density at radius 1 is 0.737 bits per heavy atom. The molecule has 0 aliphatic carbocycles. The lowest BCUT2D eigenvalue weighted by molar-refractivity contribution is -0.385. The summed E-state index contributed by atoms with van der Waals surface area (Å²) in [6.45, 7) is 2.87. The molecule has 0 bridgehead atoms. The van der Waals surface area contributed by atoms with Crippen LogP contribution in [0.25, 0.3) is 22.1 Å². The predicted molar refractivity (Wildman–Crippen MR) is 142 cm³/mol. The summed E-state index contributed by atoms with van der Waals surface area (Å²) >= 11 is 0. The summed E-state index contributed by atoms with van der Waals surface area (Å²) in [4.78, 5) is 70.6. The molecular weight excluding hydrogens is 496 g/mol. The lowest BCUT2D eigenvalue weighted by Crippen LogP contribution is -2.32. The van der Waals surface area contributed by atoms with Crippen molar-refractivity contribution < 1.29 is 4.92 Å². The number of nitrogens with two attached hydrogens (primary N) is 1. The molecule has 0 saturated carbocycles. The van der Waals surface area contributed by atoms with Crippen molar-refractivity contribution in [1.29, 1.82) is 0 Å². The van der Waals surface area contributed by atoms with Gasteiger partial charge in [-0.25, -0.2) is 0 Å². The van der Waals surface area contributed by atoms with E-state index in [1.165, 1.54) is 6.07 Å². The van der Waals surface area contributed by atoms with Gasteiger partial charge in [0.25, 0.3) is 5.69 Å². The highest BCUT2D eigenvalue weighted by atomic mass is 16.6. The lowest BCUT2D eigenvalue weighted by Gasteiger charge is -2.26. The molecule has 0 amide bonds. The third-order valence-corrected chi connectivity index (χ3v) is 7.04. The van der Waals surface area contributed by atoms with Crippen molar-refractivity contribution in [3.8, 4) is 0 Å². The minimum absolute atomic E-state index is 0.0108. The first-order valence-corrected chi connectivity index (χ1v) is 11.9. The van der Waals surface area contributed by atoms with Gasteiger partial charge in [0.05, 0.1) is 27.0 Å². The van der Waals surface area contributed by atoms with Crippen molar-refractivity contribution in [1.82, 2.24) is 29.7 Å². The number of likely N-dealkylation sites (N-methyl/N-ethyl adjacent to an activating group) is 2. The molecule has 0 unspecified atom stereocenters. The van der Waals surface area contributed by atoms with Gasteiger partial charge in [-0.15, -0.1) is 0 Å². The van der Waals surface area contributed by atoms with Crippen molar-refractivity contribution in [2.75, 3.05) is 32.9 Å². The van der Waals surface area contributed by atoms with E-state index < -0.39 is 27.2 Å². The monoisotopic (exact) mass is 522 g/mol. The van der Waals surface area contributed by atoms with Crippen LogP contribution in [0.15, 0.2) is 31.3 Å². The molecule has 0 fully saturated rings. The molecular formula is C24H26N8O6. The number of hydrogen-bond donors (Lipinski definition) is 5. The summed E-state index contributed by atoms with van der Waals surface area (Å²) in [7, 11) is 3.92. The normalized spacial score (nSPS) is 15.5. The van der Waals surface area contributed by atoms with Crippen LogP contribution in [0.1, 0.15) is 22.3 Å². The second-order valence-electron chi connectivity index (χ2n) is 9.67. The van der Waals surface area contributed by atoms with E-state index in [9.17, 15) is 29.3 Å². The van der Waals surface area contributed by atoms with E-state index in [-0.39, 0.29) is 11.2 Å². The van der Waals surface area contributed by atoms with Gasteiger partial charge in [-0.1, -0.05) is 0 Å². The average Bonchev–Trinajstić information content (AvgIpc) is 2.86. The van der Waals surface area contributed by atoms with Gasteiger partial charge in [0, 0.05) is 49.1 Å². The molecule has 2 aromatic carbocycles. The number of nitro benzene ring substituents is 1. The van der Waals surface area contributed by atoms with Crippen molar-refractivity contribution in [2.45, 2.75) is 25.9 Å². The maximum Gasteiger partial charge on any atom is 0.314 e. The molecule has 198 valence electrons. The highest BCUT2D eigenvalue weighted by Gasteiger charge is 2.26. The van der Waals surface area contributed by atoms with Crippen molar-refractivity contribution >= 4 is 33.4 Å². The summed E-state index contributed by atoms with van der Waals surface area (Å²) in [6, 6.07) is 3.04. The Kier molecular flexibility index (Phi) is 6.20. The minimum atomic E-state index is -0.809. The molecule has 4 heterocycles. The SMILES string of the molecule is CN1CCc2c(N)cc3[nH]c(=O)c(=O)[nH]c3c2C1.CN1CCc2c([N+](=O)[O-])cc3[nH]c(=O)c(=O)[nH]c3c2C1. The zero-order valence-corrected chi connectivity index (χ0v) is 20.8. The average molecular weight is 523 g/mol. The number of H-pyrrole nitrogens is 4. The molecule has 0 atom stereocenters. The fraction of sp³-hybridized carbons (Fsp3) is 0.333. The van der Waals surface area contributed by atoms with Crippen LogP contribution >= 0.6 is 0 Å². The maximum absolute atomic E-state index is 11.5. The summed E-state index contributed by atoms with van der Waals surface area (Å²) in [5.74, 6) is 0. The molecule has 2 aromatic heterocycles. The van der Waals surface area contributed by atoms with E-state index in [0.717, 1.165) is 30.6 Å². The molecule has 2 aliphatic heterocycles. The van der Waals surface area contributed by atoms with E-state index in [4.69, 9.17) is 5.73 Å². The fourth-order valence-corrected chi connectivity index (χ4v) is 5.14.